The van der Waals surface area contributed by atoms with Gasteiger partial charge in [0.05, 0.1) is 19.1 Å². The minimum atomic E-state index is 0.732. The Balaban J connectivity index is 0.000000142. The fourth-order valence-corrected chi connectivity index (χ4v) is 5.49. The summed E-state index contributed by atoms with van der Waals surface area (Å²) >= 11 is 0. The molecule has 2 aromatic rings. The van der Waals surface area contributed by atoms with Crippen LogP contribution in [0.15, 0.2) is 30.5 Å². The van der Waals surface area contributed by atoms with Gasteiger partial charge in [0.25, 0.3) is 0 Å². The largest absolute Gasteiger partial charge is 0.504 e. The molecule has 6 heteroatoms. The number of carbonyl (C=O) groups excluding carboxylic acids is 1. The molecule has 2 aliphatic carbocycles. The van der Waals surface area contributed by atoms with Crippen LogP contribution in [0.1, 0.15) is 54.0 Å². The number of hydrogen-bond donors (Lipinski definition) is 0. The van der Waals surface area contributed by atoms with Crippen molar-refractivity contribution in [3.63, 3.8) is 0 Å². The molecule has 34 heavy (non-hydrogen) atoms. The van der Waals surface area contributed by atoms with Gasteiger partial charge >= 0.3 is 0 Å². The van der Waals surface area contributed by atoms with Crippen LogP contribution in [0.25, 0.3) is 6.08 Å². The third-order valence-corrected chi connectivity index (χ3v) is 7.78. The molecule has 0 N–H and O–H groups in total. The zero-order chi connectivity index (χ0) is 23.7. The maximum atomic E-state index is 10.8. The molecule has 2 saturated carbocycles. The second-order valence-electron chi connectivity index (χ2n) is 10.1. The molecule has 2 saturated heterocycles. The molecule has 6 nitrogen and oxygen atoms in total. The Hall–Kier alpha value is -2.89. The highest BCUT2D eigenvalue weighted by Crippen LogP contribution is 2.46. The molecule has 2 aliphatic heterocycles. The zero-order valence-electron chi connectivity index (χ0n) is 20.6. The molecule has 4 heterocycles. The fraction of sp³-hybridized carbons (Fsp3) is 0.536. The average Bonchev–Trinajstić information content (AvgIpc) is 3.72. The summed E-state index contributed by atoms with van der Waals surface area (Å²) in [5.41, 5.74) is 3.97. The number of hydrogen-bond acceptors (Lipinski definition) is 6. The van der Waals surface area contributed by atoms with Gasteiger partial charge in [-0.25, -0.2) is 9.97 Å². The van der Waals surface area contributed by atoms with E-state index in [2.05, 4.69) is 33.8 Å². The van der Waals surface area contributed by atoms with Gasteiger partial charge < -0.3 is 14.5 Å². The Morgan fingerprint density at radius 1 is 0.824 bits per heavy atom. The third kappa shape index (κ3) is 4.82. The van der Waals surface area contributed by atoms with Crippen molar-refractivity contribution in [2.45, 2.75) is 39.5 Å². The average molecular weight is 461 g/mol. The molecule has 2 aromatic heterocycles. The van der Waals surface area contributed by atoms with E-state index in [9.17, 15) is 4.79 Å². The van der Waals surface area contributed by atoms with Crippen molar-refractivity contribution in [2.24, 2.45) is 23.7 Å². The minimum absolute atomic E-state index is 0.732. The molecule has 180 valence electrons. The summed E-state index contributed by atoms with van der Waals surface area (Å²) in [5.74, 6) is 5.92. The van der Waals surface area contributed by atoms with Crippen molar-refractivity contribution in [1.82, 2.24) is 9.97 Å². The molecule has 4 aliphatic rings. The SMILES string of the molecule is CCc1nc(N2CC3CC3C2)ccc1C=COC.CCc1nc(N2CC3CC3C2)ccc1C=O. The van der Waals surface area contributed by atoms with Gasteiger partial charge in [0.15, 0.2) is 6.29 Å². The first-order valence-electron chi connectivity index (χ1n) is 12.8. The van der Waals surface area contributed by atoms with Crippen molar-refractivity contribution in [1.29, 1.82) is 0 Å². The molecule has 0 spiro atoms. The van der Waals surface area contributed by atoms with Crippen molar-refractivity contribution in [2.75, 3.05) is 43.1 Å². The number of piperidine rings is 2. The third-order valence-electron chi connectivity index (χ3n) is 7.78. The topological polar surface area (TPSA) is 58.6 Å². The lowest BCUT2D eigenvalue weighted by molar-refractivity contribution is 0.112. The monoisotopic (exact) mass is 460 g/mol. The predicted molar refractivity (Wildman–Crippen MR) is 136 cm³/mol. The summed E-state index contributed by atoms with van der Waals surface area (Å²) in [6.07, 6.45) is 9.21. The molecule has 4 unspecified atom stereocenters. The molecule has 0 radical (unpaired) electrons. The normalized spacial score (nSPS) is 26.1. The highest BCUT2D eigenvalue weighted by molar-refractivity contribution is 5.77. The van der Waals surface area contributed by atoms with Gasteiger partial charge in [-0.3, -0.25) is 4.79 Å². The van der Waals surface area contributed by atoms with Crippen LogP contribution >= 0.6 is 0 Å². The lowest BCUT2D eigenvalue weighted by atomic mass is 10.1. The molecular weight excluding hydrogens is 424 g/mol. The Kier molecular flexibility index (Phi) is 6.57. The van der Waals surface area contributed by atoms with Gasteiger partial charge in [-0.2, -0.15) is 0 Å². The molecule has 4 atom stereocenters. The summed E-state index contributed by atoms with van der Waals surface area (Å²) in [4.78, 5) is 25.0. The zero-order valence-corrected chi connectivity index (χ0v) is 20.6. The number of nitrogens with zero attached hydrogens (tertiary/aromatic N) is 4. The number of aldehydes is 1. The number of methoxy groups -OCH3 is 1. The van der Waals surface area contributed by atoms with Crippen LogP contribution in [0.4, 0.5) is 11.6 Å². The van der Waals surface area contributed by atoms with Crippen LogP contribution in [0.3, 0.4) is 0 Å². The molecule has 0 aromatic carbocycles. The van der Waals surface area contributed by atoms with Gasteiger partial charge in [-0.05, 0) is 85.3 Å². The van der Waals surface area contributed by atoms with E-state index in [0.29, 0.717) is 0 Å². The summed E-state index contributed by atoms with van der Waals surface area (Å²) in [5, 5.41) is 0. The Labute approximate surface area is 203 Å². The summed E-state index contributed by atoms with van der Waals surface area (Å²) in [7, 11) is 1.67. The van der Waals surface area contributed by atoms with E-state index in [1.165, 1.54) is 25.9 Å². The van der Waals surface area contributed by atoms with Crippen LogP contribution < -0.4 is 9.80 Å². The number of fused-ring (bicyclic) bond motifs is 2. The van der Waals surface area contributed by atoms with E-state index < -0.39 is 0 Å². The lowest BCUT2D eigenvalue weighted by Gasteiger charge is -2.20. The highest BCUT2D eigenvalue weighted by atomic mass is 16.5. The minimum Gasteiger partial charge on any atom is -0.504 e. The van der Waals surface area contributed by atoms with Crippen LogP contribution in [-0.2, 0) is 17.6 Å². The second-order valence-corrected chi connectivity index (χ2v) is 10.1. The first-order chi connectivity index (χ1) is 16.6. The number of aromatic nitrogens is 2. The predicted octanol–water partition coefficient (Wildman–Crippen LogP) is 4.63. The molecule has 0 amide bonds. The second kappa shape index (κ2) is 9.77. The standard InChI is InChI=1S/C15H20N2O.C13H16N2O/c1-3-14-11(6-7-18-2)4-5-15(16-14)17-9-12-8-13(12)10-17;1-2-12-9(8-16)3-4-13(14-12)15-6-10-5-11(10)7-15/h4-7,12-13H,3,8-10H2,1-2H3;3-4,8,10-11H,2,5-7H2,1H3. The number of rotatable bonds is 7. The van der Waals surface area contributed by atoms with Crippen LogP contribution in [0, 0.1) is 23.7 Å². The molecular formula is C28H36N4O2. The van der Waals surface area contributed by atoms with E-state index >= 15 is 0 Å². The van der Waals surface area contributed by atoms with Gasteiger partial charge in [-0.1, -0.05) is 13.8 Å². The summed E-state index contributed by atoms with van der Waals surface area (Å²) in [6.45, 7) is 8.91. The quantitative estimate of drug-likeness (QED) is 0.444. The van der Waals surface area contributed by atoms with E-state index in [4.69, 9.17) is 9.72 Å². The fourth-order valence-electron chi connectivity index (χ4n) is 5.49. The first-order valence-corrected chi connectivity index (χ1v) is 12.8. The number of carbonyl (C=O) groups is 1. The number of ether oxygens (including phenoxy) is 1. The Morgan fingerprint density at radius 3 is 1.74 bits per heavy atom. The Bertz CT molecular complexity index is 1050. The van der Waals surface area contributed by atoms with Crippen molar-refractivity contribution in [3.05, 3.63) is 53.0 Å². The van der Waals surface area contributed by atoms with Gasteiger partial charge in [-0.15, -0.1) is 0 Å². The maximum absolute atomic E-state index is 10.8. The van der Waals surface area contributed by atoms with Crippen molar-refractivity contribution < 1.29 is 9.53 Å². The molecule has 4 fully saturated rings. The van der Waals surface area contributed by atoms with E-state index in [0.717, 1.165) is 90.0 Å². The molecule has 6 rings (SSSR count). The number of aryl methyl sites for hydroxylation is 2. The highest BCUT2D eigenvalue weighted by Gasteiger charge is 2.46. The van der Waals surface area contributed by atoms with E-state index in [1.807, 2.05) is 25.1 Å². The smallest absolute Gasteiger partial charge is 0.151 e. The van der Waals surface area contributed by atoms with Gasteiger partial charge in [0, 0.05) is 37.4 Å². The molecule has 0 bridgehead atoms. The van der Waals surface area contributed by atoms with E-state index in [-0.39, 0.29) is 0 Å². The summed E-state index contributed by atoms with van der Waals surface area (Å²) in [6, 6.07) is 8.17. The van der Waals surface area contributed by atoms with Crippen LogP contribution in [-0.4, -0.2) is 49.5 Å². The summed E-state index contributed by atoms with van der Waals surface area (Å²) < 4.78 is 4.98. The van der Waals surface area contributed by atoms with E-state index in [1.54, 1.807) is 13.4 Å². The van der Waals surface area contributed by atoms with Crippen molar-refractivity contribution in [3.8, 4) is 0 Å². The van der Waals surface area contributed by atoms with Crippen LogP contribution in [0.2, 0.25) is 0 Å². The van der Waals surface area contributed by atoms with Crippen LogP contribution in [0.5, 0.6) is 0 Å². The number of pyridine rings is 2. The Morgan fingerprint density at radius 2 is 1.29 bits per heavy atom. The van der Waals surface area contributed by atoms with Crippen molar-refractivity contribution >= 4 is 24.0 Å². The maximum Gasteiger partial charge on any atom is 0.151 e. The number of anilines is 2. The van der Waals surface area contributed by atoms with Gasteiger partial charge in [0.2, 0.25) is 0 Å². The first kappa shape index (κ1) is 22.9. The van der Waals surface area contributed by atoms with Gasteiger partial charge in [0.1, 0.15) is 11.6 Å². The lowest BCUT2D eigenvalue weighted by Crippen LogP contribution is -2.23.